The van der Waals surface area contributed by atoms with Crippen molar-refractivity contribution in [2.24, 2.45) is 5.92 Å². The minimum Gasteiger partial charge on any atom is -0.380 e. The molecule has 0 amide bonds. The lowest BCUT2D eigenvalue weighted by atomic mass is 9.78. The molecular weight excluding hydrogens is 279 g/mol. The predicted molar refractivity (Wildman–Crippen MR) is 80.7 cm³/mol. The molecule has 0 aliphatic rings. The van der Waals surface area contributed by atoms with Crippen LogP contribution in [-0.4, -0.2) is 5.11 Å². The lowest BCUT2D eigenvalue weighted by molar-refractivity contribution is 0.0319. The van der Waals surface area contributed by atoms with Crippen molar-refractivity contribution in [3.8, 4) is 0 Å². The minimum atomic E-state index is -1.12. The molecule has 1 atom stereocenters. The Morgan fingerprint density at radius 1 is 0.947 bits per heavy atom. The first-order valence-corrected chi connectivity index (χ1v) is 6.95. The van der Waals surface area contributed by atoms with Crippen LogP contribution in [0.3, 0.4) is 0 Å². The van der Waals surface area contributed by atoms with Crippen LogP contribution in [0, 0.1) is 5.92 Å². The summed E-state index contributed by atoms with van der Waals surface area (Å²) < 4.78 is 0. The smallest absolute Gasteiger partial charge is 0.118 e. The van der Waals surface area contributed by atoms with Gasteiger partial charge in [0, 0.05) is 15.6 Å². The van der Waals surface area contributed by atoms with Gasteiger partial charge in [0.15, 0.2) is 0 Å². The Morgan fingerprint density at radius 2 is 1.53 bits per heavy atom. The molecule has 0 radical (unpaired) electrons. The third kappa shape index (κ3) is 2.64. The average molecular weight is 295 g/mol. The number of benzene rings is 2. The fourth-order valence-corrected chi connectivity index (χ4v) is 2.68. The zero-order valence-corrected chi connectivity index (χ0v) is 12.4. The molecule has 1 unspecified atom stereocenters. The molecule has 100 valence electrons. The Labute approximate surface area is 123 Å². The minimum absolute atomic E-state index is 0.0198. The molecule has 0 aliphatic carbocycles. The third-order valence-electron chi connectivity index (χ3n) is 3.40. The summed E-state index contributed by atoms with van der Waals surface area (Å²) in [6.07, 6.45) is 0. The highest BCUT2D eigenvalue weighted by atomic mass is 35.5. The van der Waals surface area contributed by atoms with Crippen molar-refractivity contribution in [3.63, 3.8) is 0 Å². The van der Waals surface area contributed by atoms with E-state index in [0.29, 0.717) is 15.6 Å². The quantitative estimate of drug-likeness (QED) is 0.855. The maximum Gasteiger partial charge on any atom is 0.118 e. The normalized spacial score (nSPS) is 14.4. The second kappa shape index (κ2) is 5.54. The highest BCUT2D eigenvalue weighted by molar-refractivity contribution is 6.31. The van der Waals surface area contributed by atoms with Crippen LogP contribution < -0.4 is 0 Å². The lowest BCUT2D eigenvalue weighted by Crippen LogP contribution is -2.33. The highest BCUT2D eigenvalue weighted by Crippen LogP contribution is 2.40. The Hall–Kier alpha value is -1.02. The van der Waals surface area contributed by atoms with Gasteiger partial charge in [0.05, 0.1) is 0 Å². The molecule has 0 aromatic heterocycles. The van der Waals surface area contributed by atoms with Gasteiger partial charge < -0.3 is 5.11 Å². The van der Waals surface area contributed by atoms with Crippen molar-refractivity contribution in [2.45, 2.75) is 19.4 Å². The number of hydrogen-bond donors (Lipinski definition) is 1. The molecule has 1 N–H and O–H groups in total. The maximum absolute atomic E-state index is 11.2. The summed E-state index contributed by atoms with van der Waals surface area (Å²) in [5.41, 5.74) is 0.386. The van der Waals surface area contributed by atoms with E-state index in [4.69, 9.17) is 23.2 Å². The van der Waals surface area contributed by atoms with Crippen LogP contribution in [-0.2, 0) is 5.60 Å². The molecule has 0 saturated carbocycles. The van der Waals surface area contributed by atoms with E-state index in [1.165, 1.54) is 0 Å². The topological polar surface area (TPSA) is 20.2 Å². The molecule has 0 fully saturated rings. The van der Waals surface area contributed by atoms with Crippen molar-refractivity contribution < 1.29 is 5.11 Å². The highest BCUT2D eigenvalue weighted by Gasteiger charge is 2.36. The van der Waals surface area contributed by atoms with Gasteiger partial charge in [0.2, 0.25) is 0 Å². The van der Waals surface area contributed by atoms with Gasteiger partial charge in [-0.3, -0.25) is 0 Å². The van der Waals surface area contributed by atoms with E-state index in [0.717, 1.165) is 5.56 Å². The second-order valence-electron chi connectivity index (χ2n) is 4.91. The van der Waals surface area contributed by atoms with E-state index in [-0.39, 0.29) is 5.92 Å². The summed E-state index contributed by atoms with van der Waals surface area (Å²) in [5.74, 6) is -0.0198. The predicted octanol–water partition coefficient (Wildman–Crippen LogP) is 4.89. The summed E-state index contributed by atoms with van der Waals surface area (Å²) in [6, 6.07) is 14.6. The van der Waals surface area contributed by atoms with Crippen LogP contribution in [0.5, 0.6) is 0 Å². The Kier molecular flexibility index (Phi) is 4.19. The van der Waals surface area contributed by atoms with Gasteiger partial charge in [0.25, 0.3) is 0 Å². The first kappa shape index (κ1) is 14.4. The van der Waals surface area contributed by atoms with Crippen LogP contribution >= 0.6 is 23.2 Å². The molecule has 2 aromatic carbocycles. The summed E-state index contributed by atoms with van der Waals surface area (Å²) in [6.45, 7) is 3.94. The maximum atomic E-state index is 11.2. The van der Waals surface area contributed by atoms with E-state index in [9.17, 15) is 5.11 Å². The molecular formula is C16H16Cl2O. The fourth-order valence-electron chi connectivity index (χ4n) is 2.27. The fraction of sp³-hybridized carbons (Fsp3) is 0.250. The van der Waals surface area contributed by atoms with E-state index >= 15 is 0 Å². The second-order valence-corrected chi connectivity index (χ2v) is 5.75. The monoisotopic (exact) mass is 294 g/mol. The molecule has 2 aromatic rings. The van der Waals surface area contributed by atoms with E-state index in [1.807, 2.05) is 44.2 Å². The van der Waals surface area contributed by atoms with Crippen LogP contribution in [0.4, 0.5) is 0 Å². The van der Waals surface area contributed by atoms with Gasteiger partial charge in [-0.05, 0) is 29.7 Å². The number of halogens is 2. The van der Waals surface area contributed by atoms with Gasteiger partial charge >= 0.3 is 0 Å². The molecule has 0 heterocycles. The SMILES string of the molecule is CC(C)C(O)(c1ccc(Cl)cc1)c1ccccc1Cl. The molecule has 1 nitrogen and oxygen atoms in total. The zero-order chi connectivity index (χ0) is 14.0. The van der Waals surface area contributed by atoms with Crippen LogP contribution in [0.15, 0.2) is 48.5 Å². The van der Waals surface area contributed by atoms with Crippen molar-refractivity contribution in [1.29, 1.82) is 0 Å². The zero-order valence-electron chi connectivity index (χ0n) is 10.9. The standard InChI is InChI=1S/C16H16Cl2O/c1-11(2)16(19,12-7-9-13(17)10-8-12)14-5-3-4-6-15(14)18/h3-11,19H,1-2H3. The molecule has 0 spiro atoms. The Morgan fingerprint density at radius 3 is 2.05 bits per heavy atom. The van der Waals surface area contributed by atoms with Crippen molar-refractivity contribution in [2.75, 3.05) is 0 Å². The largest absolute Gasteiger partial charge is 0.380 e. The Balaban J connectivity index is 2.62. The number of aliphatic hydroxyl groups is 1. The van der Waals surface area contributed by atoms with Crippen molar-refractivity contribution in [3.05, 3.63) is 69.7 Å². The summed E-state index contributed by atoms with van der Waals surface area (Å²) in [4.78, 5) is 0. The van der Waals surface area contributed by atoms with Crippen molar-refractivity contribution >= 4 is 23.2 Å². The van der Waals surface area contributed by atoms with Gasteiger partial charge in [0.1, 0.15) is 5.60 Å². The van der Waals surface area contributed by atoms with Crippen LogP contribution in [0.2, 0.25) is 10.0 Å². The number of hydrogen-bond acceptors (Lipinski definition) is 1. The van der Waals surface area contributed by atoms with Gasteiger partial charge in [-0.15, -0.1) is 0 Å². The van der Waals surface area contributed by atoms with Gasteiger partial charge in [-0.25, -0.2) is 0 Å². The first-order chi connectivity index (χ1) is 8.96. The van der Waals surface area contributed by atoms with Crippen LogP contribution in [0.1, 0.15) is 25.0 Å². The molecule has 0 aliphatic heterocycles. The third-order valence-corrected chi connectivity index (χ3v) is 3.99. The summed E-state index contributed by atoms with van der Waals surface area (Å²) in [7, 11) is 0. The average Bonchev–Trinajstić information content (AvgIpc) is 2.39. The van der Waals surface area contributed by atoms with Gasteiger partial charge in [-0.1, -0.05) is 67.4 Å². The molecule has 0 saturated heterocycles. The summed E-state index contributed by atoms with van der Waals surface area (Å²) >= 11 is 12.2. The van der Waals surface area contributed by atoms with Crippen LogP contribution in [0.25, 0.3) is 0 Å². The lowest BCUT2D eigenvalue weighted by Gasteiger charge is -2.34. The molecule has 0 bridgehead atoms. The van der Waals surface area contributed by atoms with E-state index in [2.05, 4.69) is 0 Å². The van der Waals surface area contributed by atoms with Crippen molar-refractivity contribution in [1.82, 2.24) is 0 Å². The molecule has 2 rings (SSSR count). The molecule has 3 heteroatoms. The Bertz CT molecular complexity index is 563. The van der Waals surface area contributed by atoms with E-state index in [1.54, 1.807) is 18.2 Å². The molecule has 19 heavy (non-hydrogen) atoms. The summed E-state index contributed by atoms with van der Waals surface area (Å²) in [5, 5.41) is 12.4. The number of rotatable bonds is 3. The first-order valence-electron chi connectivity index (χ1n) is 6.19. The van der Waals surface area contributed by atoms with Gasteiger partial charge in [-0.2, -0.15) is 0 Å². The van der Waals surface area contributed by atoms with E-state index < -0.39 is 5.60 Å².